The SMILES string of the molecule is CCCC[C@@]1(c2ccc(F)cc2)NC(=O)N(CC(=O)Nc2ccc(F)cc2)C1=O. The number of nitrogens with one attached hydrogen (secondary N) is 2. The molecule has 1 saturated heterocycles. The minimum atomic E-state index is -1.34. The normalized spacial score (nSPS) is 18.7. The lowest BCUT2D eigenvalue weighted by atomic mass is 9.85. The van der Waals surface area contributed by atoms with Crippen LogP contribution in [-0.4, -0.2) is 29.3 Å². The van der Waals surface area contributed by atoms with Crippen LogP contribution in [0, 0.1) is 11.6 Å². The second kappa shape index (κ2) is 8.38. The van der Waals surface area contributed by atoms with E-state index >= 15 is 0 Å². The maximum absolute atomic E-state index is 13.3. The Morgan fingerprint density at radius 2 is 1.62 bits per heavy atom. The fraction of sp³-hybridized carbons (Fsp3) is 0.286. The van der Waals surface area contributed by atoms with Crippen LogP contribution < -0.4 is 10.6 Å². The Kier molecular flexibility index (Phi) is 5.91. The number of nitrogens with zero attached hydrogens (tertiary/aromatic N) is 1. The number of benzene rings is 2. The van der Waals surface area contributed by atoms with Gasteiger partial charge in [-0.15, -0.1) is 0 Å². The highest BCUT2D eigenvalue weighted by Crippen LogP contribution is 2.34. The van der Waals surface area contributed by atoms with Crippen molar-refractivity contribution in [2.24, 2.45) is 0 Å². The number of hydrogen-bond donors (Lipinski definition) is 2. The molecule has 1 aliphatic rings. The molecule has 0 radical (unpaired) electrons. The van der Waals surface area contributed by atoms with Gasteiger partial charge in [-0.25, -0.2) is 13.6 Å². The first-order chi connectivity index (χ1) is 13.9. The van der Waals surface area contributed by atoms with Crippen molar-refractivity contribution in [3.8, 4) is 0 Å². The van der Waals surface area contributed by atoms with Gasteiger partial charge in [-0.2, -0.15) is 0 Å². The smallest absolute Gasteiger partial charge is 0.325 e. The molecule has 0 unspecified atom stereocenters. The molecule has 29 heavy (non-hydrogen) atoms. The fourth-order valence-electron chi connectivity index (χ4n) is 3.33. The van der Waals surface area contributed by atoms with E-state index in [1.54, 1.807) is 0 Å². The maximum Gasteiger partial charge on any atom is 0.325 e. The summed E-state index contributed by atoms with van der Waals surface area (Å²) in [5.41, 5.74) is -0.525. The van der Waals surface area contributed by atoms with E-state index in [2.05, 4.69) is 10.6 Å². The van der Waals surface area contributed by atoms with Gasteiger partial charge in [0.2, 0.25) is 5.91 Å². The zero-order valence-corrected chi connectivity index (χ0v) is 15.9. The van der Waals surface area contributed by atoms with Crippen molar-refractivity contribution in [1.82, 2.24) is 10.2 Å². The summed E-state index contributed by atoms with van der Waals surface area (Å²) in [4.78, 5) is 38.9. The van der Waals surface area contributed by atoms with Crippen molar-refractivity contribution in [2.75, 3.05) is 11.9 Å². The van der Waals surface area contributed by atoms with Gasteiger partial charge in [-0.3, -0.25) is 14.5 Å². The molecule has 1 aliphatic heterocycles. The summed E-state index contributed by atoms with van der Waals surface area (Å²) in [5, 5.41) is 5.23. The summed E-state index contributed by atoms with van der Waals surface area (Å²) in [7, 11) is 0. The number of anilines is 1. The molecule has 0 aliphatic carbocycles. The van der Waals surface area contributed by atoms with E-state index in [-0.39, 0.29) is 0 Å². The predicted octanol–water partition coefficient (Wildman–Crippen LogP) is 3.54. The van der Waals surface area contributed by atoms with Gasteiger partial charge in [0.05, 0.1) is 0 Å². The Hall–Kier alpha value is -3.29. The van der Waals surface area contributed by atoms with Crippen molar-refractivity contribution in [3.63, 3.8) is 0 Å². The molecule has 152 valence electrons. The van der Waals surface area contributed by atoms with Gasteiger partial charge in [0.1, 0.15) is 23.7 Å². The Morgan fingerprint density at radius 1 is 1.03 bits per heavy atom. The molecule has 1 fully saturated rings. The van der Waals surface area contributed by atoms with Crippen LogP contribution in [0.3, 0.4) is 0 Å². The van der Waals surface area contributed by atoms with Gasteiger partial charge in [0.25, 0.3) is 5.91 Å². The summed E-state index contributed by atoms with van der Waals surface area (Å²) >= 11 is 0. The molecule has 0 aromatic heterocycles. The first-order valence-electron chi connectivity index (χ1n) is 9.31. The zero-order chi connectivity index (χ0) is 21.0. The number of urea groups is 1. The quantitative estimate of drug-likeness (QED) is 0.697. The van der Waals surface area contributed by atoms with Crippen molar-refractivity contribution < 1.29 is 23.2 Å². The number of rotatable bonds is 7. The van der Waals surface area contributed by atoms with E-state index in [0.29, 0.717) is 24.1 Å². The number of halogens is 2. The van der Waals surface area contributed by atoms with Crippen LogP contribution in [0.25, 0.3) is 0 Å². The van der Waals surface area contributed by atoms with E-state index in [0.717, 1.165) is 11.3 Å². The molecular weight excluding hydrogens is 380 g/mol. The Morgan fingerprint density at radius 3 is 2.21 bits per heavy atom. The number of hydrogen-bond acceptors (Lipinski definition) is 3. The van der Waals surface area contributed by atoms with Crippen molar-refractivity contribution >= 4 is 23.5 Å². The predicted molar refractivity (Wildman–Crippen MR) is 103 cm³/mol. The Labute approximate surface area is 166 Å². The standard InChI is InChI=1S/C21H21F2N3O3/c1-2-3-12-21(14-4-6-15(22)7-5-14)19(28)26(20(29)25-21)13-18(27)24-17-10-8-16(23)9-11-17/h4-11H,2-3,12-13H2,1H3,(H,24,27)(H,25,29)/t21-/m0/s1. The van der Waals surface area contributed by atoms with E-state index < -0.39 is 41.6 Å². The van der Waals surface area contributed by atoms with Crippen LogP contribution in [0.2, 0.25) is 0 Å². The number of carbonyl (C=O) groups excluding carboxylic acids is 3. The molecule has 2 N–H and O–H groups in total. The van der Waals surface area contributed by atoms with E-state index in [1.165, 1.54) is 48.5 Å². The largest absolute Gasteiger partial charge is 0.325 e. The van der Waals surface area contributed by atoms with Crippen molar-refractivity contribution in [3.05, 3.63) is 65.7 Å². The van der Waals surface area contributed by atoms with E-state index in [9.17, 15) is 23.2 Å². The van der Waals surface area contributed by atoms with Gasteiger partial charge in [0, 0.05) is 5.69 Å². The van der Waals surface area contributed by atoms with Gasteiger partial charge in [-0.05, 0) is 48.4 Å². The summed E-state index contributed by atoms with van der Waals surface area (Å²) in [6.07, 6.45) is 1.77. The van der Waals surface area contributed by atoms with Gasteiger partial charge >= 0.3 is 6.03 Å². The molecule has 1 heterocycles. The highest BCUT2D eigenvalue weighted by atomic mass is 19.1. The lowest BCUT2D eigenvalue weighted by molar-refractivity contribution is -0.134. The number of unbranched alkanes of at least 4 members (excludes halogenated alkanes) is 1. The molecule has 4 amide bonds. The monoisotopic (exact) mass is 401 g/mol. The maximum atomic E-state index is 13.3. The van der Waals surface area contributed by atoms with Crippen LogP contribution in [0.4, 0.5) is 19.3 Å². The summed E-state index contributed by atoms with van der Waals surface area (Å²) in [5.74, 6) is -2.05. The minimum Gasteiger partial charge on any atom is -0.325 e. The zero-order valence-electron chi connectivity index (χ0n) is 15.9. The van der Waals surface area contributed by atoms with Gasteiger partial charge in [0.15, 0.2) is 0 Å². The van der Waals surface area contributed by atoms with Crippen LogP contribution in [0.5, 0.6) is 0 Å². The van der Waals surface area contributed by atoms with Crippen molar-refractivity contribution in [2.45, 2.75) is 31.7 Å². The molecule has 8 heteroatoms. The molecular formula is C21H21F2N3O3. The first kappa shape index (κ1) is 20.4. The number of imide groups is 1. The molecule has 3 rings (SSSR count). The molecule has 2 aromatic carbocycles. The van der Waals surface area contributed by atoms with E-state index in [4.69, 9.17) is 0 Å². The third-order valence-corrected chi connectivity index (χ3v) is 4.85. The minimum absolute atomic E-state index is 0.329. The average molecular weight is 401 g/mol. The first-order valence-corrected chi connectivity index (χ1v) is 9.31. The van der Waals surface area contributed by atoms with E-state index in [1.807, 2.05) is 6.92 Å². The third kappa shape index (κ3) is 4.26. The van der Waals surface area contributed by atoms with Crippen LogP contribution in [-0.2, 0) is 15.1 Å². The van der Waals surface area contributed by atoms with Crippen LogP contribution in [0.1, 0.15) is 31.7 Å². The molecule has 0 bridgehead atoms. The lowest BCUT2D eigenvalue weighted by Gasteiger charge is -2.27. The summed E-state index contributed by atoms with van der Waals surface area (Å²) in [6.45, 7) is 1.46. The third-order valence-electron chi connectivity index (χ3n) is 4.85. The number of amides is 4. The second-order valence-corrected chi connectivity index (χ2v) is 6.89. The molecule has 0 saturated carbocycles. The van der Waals surface area contributed by atoms with Gasteiger partial charge < -0.3 is 10.6 Å². The average Bonchev–Trinajstić information content (AvgIpc) is 2.94. The fourth-order valence-corrected chi connectivity index (χ4v) is 3.33. The molecule has 0 spiro atoms. The number of carbonyl (C=O) groups is 3. The molecule has 6 nitrogen and oxygen atoms in total. The Balaban J connectivity index is 1.80. The highest BCUT2D eigenvalue weighted by molar-refractivity contribution is 6.10. The van der Waals surface area contributed by atoms with Crippen molar-refractivity contribution in [1.29, 1.82) is 0 Å². The topological polar surface area (TPSA) is 78.5 Å². The molecule has 1 atom stereocenters. The summed E-state index contributed by atoms with van der Waals surface area (Å²) < 4.78 is 26.3. The highest BCUT2D eigenvalue weighted by Gasteiger charge is 2.52. The lowest BCUT2D eigenvalue weighted by Crippen LogP contribution is -2.44. The molecule has 2 aromatic rings. The van der Waals surface area contributed by atoms with Gasteiger partial charge in [-0.1, -0.05) is 31.9 Å². The van der Waals surface area contributed by atoms with Crippen LogP contribution >= 0.6 is 0 Å². The summed E-state index contributed by atoms with van der Waals surface area (Å²) in [6, 6.07) is 9.83. The second-order valence-electron chi connectivity index (χ2n) is 6.89. The van der Waals surface area contributed by atoms with Crippen LogP contribution in [0.15, 0.2) is 48.5 Å². The Bertz CT molecular complexity index is 916.